The van der Waals surface area contributed by atoms with Crippen LogP contribution in [0.4, 0.5) is 5.69 Å². The molecule has 0 saturated heterocycles. The van der Waals surface area contributed by atoms with Crippen LogP contribution in [0.3, 0.4) is 0 Å². The Kier molecular flexibility index (Phi) is 2.53. The van der Waals surface area contributed by atoms with Crippen LogP contribution in [0, 0.1) is 0 Å². The maximum atomic E-state index is 2.69. The van der Waals surface area contributed by atoms with Crippen molar-refractivity contribution in [1.82, 2.24) is 0 Å². The third-order valence-electron chi connectivity index (χ3n) is 5.14. The van der Waals surface area contributed by atoms with Gasteiger partial charge >= 0.3 is 0 Å². The molecule has 0 N–H and O–H groups in total. The van der Waals surface area contributed by atoms with Gasteiger partial charge in [-0.1, -0.05) is 31.0 Å². The number of thiophene rings is 2. The van der Waals surface area contributed by atoms with E-state index in [-0.39, 0.29) is 0 Å². The fourth-order valence-electron chi connectivity index (χ4n) is 4.23. The summed E-state index contributed by atoms with van der Waals surface area (Å²) in [5.41, 5.74) is 3.31. The number of hydrogen-bond acceptors (Lipinski definition) is 3. The van der Waals surface area contributed by atoms with Crippen molar-refractivity contribution >= 4 is 37.8 Å². The van der Waals surface area contributed by atoms with Gasteiger partial charge in [-0.25, -0.2) is 0 Å². The van der Waals surface area contributed by atoms with Gasteiger partial charge in [0.1, 0.15) is 0 Å². The second-order valence-corrected chi connectivity index (χ2v) is 8.15. The summed E-state index contributed by atoms with van der Waals surface area (Å²) in [6.07, 6.45) is 5.38. The molecule has 3 heteroatoms. The van der Waals surface area contributed by atoms with E-state index in [1.54, 1.807) is 15.1 Å². The van der Waals surface area contributed by atoms with Crippen LogP contribution in [0.15, 0.2) is 41.8 Å². The third-order valence-corrected chi connectivity index (χ3v) is 7.64. The Labute approximate surface area is 132 Å². The highest BCUT2D eigenvalue weighted by Crippen LogP contribution is 2.56. The molecule has 2 aromatic heterocycles. The van der Waals surface area contributed by atoms with Crippen LogP contribution in [0.2, 0.25) is 0 Å². The first kappa shape index (κ1) is 12.2. The van der Waals surface area contributed by atoms with Crippen molar-refractivity contribution in [3.05, 3.63) is 52.2 Å². The standard InChI is InChI=1S/C18H17NS2/c1-2-6-13(7-3-1)19-12-14-16-15(8-11-20-16)21-17(14)18(19)9-4-5-10-18/h1-3,6-8,11H,4-5,9-10,12H2. The van der Waals surface area contributed by atoms with Crippen LogP contribution < -0.4 is 4.90 Å². The lowest BCUT2D eigenvalue weighted by Gasteiger charge is -2.37. The Balaban J connectivity index is 1.72. The molecule has 1 nitrogen and oxygen atoms in total. The molecule has 0 bridgehead atoms. The molecule has 2 aliphatic rings. The summed E-state index contributed by atoms with van der Waals surface area (Å²) in [6, 6.07) is 13.3. The lowest BCUT2D eigenvalue weighted by Crippen LogP contribution is -2.38. The molecule has 0 unspecified atom stereocenters. The zero-order valence-corrected chi connectivity index (χ0v) is 13.5. The van der Waals surface area contributed by atoms with Crippen molar-refractivity contribution in [3.63, 3.8) is 0 Å². The minimum Gasteiger partial charge on any atom is -0.357 e. The number of benzene rings is 1. The summed E-state index contributed by atoms with van der Waals surface area (Å²) in [4.78, 5) is 4.37. The zero-order valence-electron chi connectivity index (χ0n) is 11.8. The first-order valence-electron chi connectivity index (χ1n) is 7.70. The number of fused-ring (bicyclic) bond motifs is 4. The van der Waals surface area contributed by atoms with Crippen LogP contribution in [0.25, 0.3) is 9.40 Å². The first-order valence-corrected chi connectivity index (χ1v) is 9.40. The van der Waals surface area contributed by atoms with E-state index in [4.69, 9.17) is 0 Å². The zero-order chi connectivity index (χ0) is 13.9. The highest BCUT2D eigenvalue weighted by molar-refractivity contribution is 7.27. The second-order valence-electron chi connectivity index (χ2n) is 6.18. The summed E-state index contributed by atoms with van der Waals surface area (Å²) in [5.74, 6) is 0. The van der Waals surface area contributed by atoms with E-state index in [0.717, 1.165) is 6.54 Å². The minimum absolute atomic E-state index is 0.292. The molecule has 106 valence electrons. The van der Waals surface area contributed by atoms with Crippen LogP contribution in [-0.2, 0) is 12.1 Å². The monoisotopic (exact) mass is 311 g/mol. The summed E-state index contributed by atoms with van der Waals surface area (Å²) in [5, 5.41) is 2.24. The topological polar surface area (TPSA) is 3.24 Å². The maximum absolute atomic E-state index is 2.69. The van der Waals surface area contributed by atoms with Crippen molar-refractivity contribution in [2.24, 2.45) is 0 Å². The lowest BCUT2D eigenvalue weighted by atomic mass is 9.95. The van der Waals surface area contributed by atoms with Gasteiger partial charge in [-0.3, -0.25) is 0 Å². The Hall–Kier alpha value is -1.32. The fourth-order valence-corrected chi connectivity index (χ4v) is 6.85. The molecule has 1 saturated carbocycles. The van der Waals surface area contributed by atoms with Crippen molar-refractivity contribution in [2.75, 3.05) is 4.90 Å². The van der Waals surface area contributed by atoms with Gasteiger partial charge in [-0.05, 0) is 36.4 Å². The SMILES string of the molecule is c1ccc(N2Cc3c(sc4ccsc34)C23CCCC3)cc1. The predicted octanol–water partition coefficient (Wildman–Crippen LogP) is 5.75. The number of anilines is 1. The second kappa shape index (κ2) is 4.34. The minimum atomic E-state index is 0.292. The van der Waals surface area contributed by atoms with Crippen molar-refractivity contribution in [1.29, 1.82) is 0 Å². The summed E-state index contributed by atoms with van der Waals surface area (Å²) in [6.45, 7) is 1.10. The van der Waals surface area contributed by atoms with Gasteiger partial charge < -0.3 is 4.90 Å². The molecule has 1 aliphatic heterocycles. The number of para-hydroxylation sites is 1. The lowest BCUT2D eigenvalue weighted by molar-refractivity contribution is 0.445. The predicted molar refractivity (Wildman–Crippen MR) is 92.5 cm³/mol. The van der Waals surface area contributed by atoms with Gasteiger partial charge in [-0.15, -0.1) is 22.7 Å². The maximum Gasteiger partial charge on any atom is 0.0753 e. The van der Waals surface area contributed by atoms with Gasteiger partial charge in [0.2, 0.25) is 0 Å². The number of hydrogen-bond donors (Lipinski definition) is 0. The molecule has 21 heavy (non-hydrogen) atoms. The van der Waals surface area contributed by atoms with Crippen LogP contribution in [0.1, 0.15) is 36.1 Å². The van der Waals surface area contributed by atoms with E-state index in [9.17, 15) is 0 Å². The van der Waals surface area contributed by atoms with E-state index >= 15 is 0 Å². The average Bonchev–Trinajstić information content (AvgIpc) is 3.25. The van der Waals surface area contributed by atoms with Crippen LogP contribution in [-0.4, -0.2) is 0 Å². The molecular formula is C18H17NS2. The molecule has 0 atom stereocenters. The van der Waals surface area contributed by atoms with Crippen LogP contribution >= 0.6 is 22.7 Å². The molecule has 3 aromatic rings. The summed E-state index contributed by atoms with van der Waals surface area (Å²) < 4.78 is 3.05. The molecule has 0 radical (unpaired) electrons. The van der Waals surface area contributed by atoms with Gasteiger partial charge in [0, 0.05) is 27.4 Å². The van der Waals surface area contributed by atoms with Gasteiger partial charge in [-0.2, -0.15) is 0 Å². The Morgan fingerprint density at radius 3 is 2.62 bits per heavy atom. The largest absolute Gasteiger partial charge is 0.357 e. The van der Waals surface area contributed by atoms with E-state index < -0.39 is 0 Å². The molecule has 3 heterocycles. The van der Waals surface area contributed by atoms with Crippen molar-refractivity contribution in [3.8, 4) is 0 Å². The van der Waals surface area contributed by atoms with Gasteiger partial charge in [0.15, 0.2) is 0 Å². The Bertz CT molecular complexity index is 793. The van der Waals surface area contributed by atoms with Crippen LogP contribution in [0.5, 0.6) is 0 Å². The molecule has 5 rings (SSSR count). The third kappa shape index (κ3) is 1.56. The molecule has 1 aromatic carbocycles. The summed E-state index contributed by atoms with van der Waals surface area (Å²) >= 11 is 3.98. The molecule has 1 spiro atoms. The van der Waals surface area contributed by atoms with E-state index in [2.05, 4.69) is 58.0 Å². The van der Waals surface area contributed by atoms with Crippen molar-refractivity contribution in [2.45, 2.75) is 37.8 Å². The smallest absolute Gasteiger partial charge is 0.0753 e. The first-order chi connectivity index (χ1) is 10.4. The fraction of sp³-hybridized carbons (Fsp3) is 0.333. The van der Waals surface area contributed by atoms with E-state index in [1.165, 1.54) is 36.1 Å². The quantitative estimate of drug-likeness (QED) is 0.553. The molecular weight excluding hydrogens is 294 g/mol. The molecule has 0 amide bonds. The summed E-state index contributed by atoms with van der Waals surface area (Å²) in [7, 11) is 0. The number of rotatable bonds is 1. The van der Waals surface area contributed by atoms with E-state index in [1.807, 2.05) is 11.3 Å². The van der Waals surface area contributed by atoms with Crippen molar-refractivity contribution < 1.29 is 0 Å². The van der Waals surface area contributed by atoms with Gasteiger partial charge in [0.25, 0.3) is 0 Å². The highest BCUT2D eigenvalue weighted by Gasteiger charge is 2.49. The number of nitrogens with zero attached hydrogens (tertiary/aromatic N) is 1. The van der Waals surface area contributed by atoms with E-state index in [0.29, 0.717) is 5.54 Å². The normalized spacial score (nSPS) is 19.7. The highest BCUT2D eigenvalue weighted by atomic mass is 32.1. The Morgan fingerprint density at radius 2 is 1.81 bits per heavy atom. The van der Waals surface area contributed by atoms with Gasteiger partial charge in [0.05, 0.1) is 10.2 Å². The molecule has 1 aliphatic carbocycles. The molecule has 1 fully saturated rings. The Morgan fingerprint density at radius 1 is 1.00 bits per heavy atom. The average molecular weight is 311 g/mol.